The summed E-state index contributed by atoms with van der Waals surface area (Å²) in [6.45, 7) is 2.38. The zero-order chi connectivity index (χ0) is 15.3. The highest BCUT2D eigenvalue weighted by Crippen LogP contribution is 2.19. The van der Waals surface area contributed by atoms with Gasteiger partial charge in [0.15, 0.2) is 15.9 Å². The van der Waals surface area contributed by atoms with Crippen LogP contribution in [-0.2, 0) is 20.6 Å². The maximum atomic E-state index is 12.2. The van der Waals surface area contributed by atoms with Crippen molar-refractivity contribution in [1.29, 1.82) is 0 Å². The summed E-state index contributed by atoms with van der Waals surface area (Å²) >= 11 is 4.91. The van der Waals surface area contributed by atoms with Crippen LogP contribution in [0.3, 0.4) is 0 Å². The summed E-state index contributed by atoms with van der Waals surface area (Å²) in [6, 6.07) is 0. The Labute approximate surface area is 131 Å². The van der Waals surface area contributed by atoms with Crippen molar-refractivity contribution in [3.05, 3.63) is 41.7 Å². The lowest BCUT2D eigenvalue weighted by Crippen LogP contribution is -2.37. The number of halogens is 1. The Kier molecular flexibility index (Phi) is 3.33. The van der Waals surface area contributed by atoms with Crippen molar-refractivity contribution in [1.82, 2.24) is 23.7 Å². The standard InChI is InChI=1S/C12H12BrN5O2S/c1-6-14-7(5-21-6)4-18-9-8(15-11(18)13)10(19)17(3)12(20)16(9)2/h5H,4H2,1-3H3. The maximum absolute atomic E-state index is 12.2. The van der Waals surface area contributed by atoms with Gasteiger partial charge >= 0.3 is 5.69 Å². The molecule has 0 aromatic carbocycles. The minimum atomic E-state index is -0.401. The molecule has 0 saturated carbocycles. The van der Waals surface area contributed by atoms with E-state index in [1.54, 1.807) is 23.0 Å². The Hall–Kier alpha value is -1.74. The summed E-state index contributed by atoms with van der Waals surface area (Å²) in [5, 5.41) is 2.92. The quantitative estimate of drug-likeness (QED) is 0.631. The summed E-state index contributed by atoms with van der Waals surface area (Å²) in [7, 11) is 3.07. The highest BCUT2D eigenvalue weighted by molar-refractivity contribution is 9.10. The zero-order valence-corrected chi connectivity index (χ0v) is 14.0. The largest absolute Gasteiger partial charge is 0.332 e. The molecule has 0 aliphatic heterocycles. The van der Waals surface area contributed by atoms with Gasteiger partial charge < -0.3 is 0 Å². The third-order valence-electron chi connectivity index (χ3n) is 3.28. The number of thiazole rings is 1. The van der Waals surface area contributed by atoms with Crippen LogP contribution in [0, 0.1) is 6.92 Å². The van der Waals surface area contributed by atoms with E-state index >= 15 is 0 Å². The second-order valence-electron chi connectivity index (χ2n) is 4.70. The number of nitrogens with zero attached hydrogens (tertiary/aromatic N) is 5. The van der Waals surface area contributed by atoms with E-state index in [9.17, 15) is 9.59 Å². The number of imidazole rings is 1. The van der Waals surface area contributed by atoms with Gasteiger partial charge in [-0.1, -0.05) is 0 Å². The lowest BCUT2D eigenvalue weighted by atomic mass is 10.4. The third-order valence-corrected chi connectivity index (χ3v) is 4.71. The number of aryl methyl sites for hydroxylation is 2. The molecule has 0 spiro atoms. The van der Waals surface area contributed by atoms with Crippen molar-refractivity contribution in [3.8, 4) is 0 Å². The molecule has 3 aromatic rings. The molecule has 7 nitrogen and oxygen atoms in total. The van der Waals surface area contributed by atoms with Gasteiger partial charge in [-0.05, 0) is 22.9 Å². The van der Waals surface area contributed by atoms with Gasteiger partial charge in [-0.3, -0.25) is 18.5 Å². The number of hydrogen-bond donors (Lipinski definition) is 0. The lowest BCUT2D eigenvalue weighted by molar-refractivity contribution is 0.682. The number of aromatic nitrogens is 5. The molecule has 110 valence electrons. The van der Waals surface area contributed by atoms with Crippen molar-refractivity contribution in [2.24, 2.45) is 14.1 Å². The maximum Gasteiger partial charge on any atom is 0.332 e. The van der Waals surface area contributed by atoms with E-state index in [0.717, 1.165) is 15.3 Å². The summed E-state index contributed by atoms with van der Waals surface area (Å²) in [5.74, 6) is 0. The lowest BCUT2D eigenvalue weighted by Gasteiger charge is -2.08. The van der Waals surface area contributed by atoms with Crippen LogP contribution in [0.15, 0.2) is 19.7 Å². The van der Waals surface area contributed by atoms with Crippen molar-refractivity contribution in [2.45, 2.75) is 13.5 Å². The van der Waals surface area contributed by atoms with Gasteiger partial charge in [-0.2, -0.15) is 0 Å². The van der Waals surface area contributed by atoms with E-state index in [4.69, 9.17) is 0 Å². The first-order valence-electron chi connectivity index (χ1n) is 6.13. The van der Waals surface area contributed by atoms with Crippen LogP contribution >= 0.6 is 27.3 Å². The second kappa shape index (κ2) is 4.92. The van der Waals surface area contributed by atoms with Gasteiger partial charge in [0.25, 0.3) is 5.56 Å². The molecule has 0 aliphatic carbocycles. The molecule has 0 radical (unpaired) electrons. The van der Waals surface area contributed by atoms with E-state index in [1.165, 1.54) is 11.6 Å². The molecule has 0 saturated heterocycles. The highest BCUT2D eigenvalue weighted by atomic mass is 79.9. The Morgan fingerprint density at radius 1 is 1.24 bits per heavy atom. The van der Waals surface area contributed by atoms with Gasteiger partial charge in [0.2, 0.25) is 0 Å². The summed E-state index contributed by atoms with van der Waals surface area (Å²) in [4.78, 5) is 32.9. The molecule has 0 unspecified atom stereocenters. The average Bonchev–Trinajstić information content (AvgIpc) is 2.99. The molecule has 0 fully saturated rings. The van der Waals surface area contributed by atoms with Crippen LogP contribution < -0.4 is 11.2 Å². The van der Waals surface area contributed by atoms with E-state index < -0.39 is 5.56 Å². The number of rotatable bonds is 2. The van der Waals surface area contributed by atoms with Crippen molar-refractivity contribution < 1.29 is 0 Å². The van der Waals surface area contributed by atoms with Gasteiger partial charge in [0, 0.05) is 19.5 Å². The van der Waals surface area contributed by atoms with Gasteiger partial charge in [-0.15, -0.1) is 11.3 Å². The molecule has 0 bridgehead atoms. The summed E-state index contributed by atoms with van der Waals surface area (Å²) in [5.41, 5.74) is 0.835. The first-order chi connectivity index (χ1) is 9.90. The van der Waals surface area contributed by atoms with Gasteiger partial charge in [0.05, 0.1) is 17.2 Å². The molecule has 3 aromatic heterocycles. The first kappa shape index (κ1) is 14.2. The van der Waals surface area contributed by atoms with Crippen LogP contribution in [0.5, 0.6) is 0 Å². The van der Waals surface area contributed by atoms with Crippen LogP contribution in [0.2, 0.25) is 0 Å². The fourth-order valence-corrected chi connectivity index (χ4v) is 3.32. The third kappa shape index (κ3) is 2.16. The van der Waals surface area contributed by atoms with Crippen LogP contribution in [0.25, 0.3) is 11.2 Å². The minimum absolute atomic E-state index is 0.262. The van der Waals surface area contributed by atoms with E-state index in [0.29, 0.717) is 16.9 Å². The van der Waals surface area contributed by atoms with Crippen LogP contribution in [-0.4, -0.2) is 23.7 Å². The molecule has 3 rings (SSSR count). The predicted molar refractivity (Wildman–Crippen MR) is 83.9 cm³/mol. The number of hydrogen-bond acceptors (Lipinski definition) is 5. The van der Waals surface area contributed by atoms with Crippen LogP contribution in [0.1, 0.15) is 10.7 Å². The smallest absolute Gasteiger partial charge is 0.298 e. The Morgan fingerprint density at radius 2 is 1.95 bits per heavy atom. The summed E-state index contributed by atoms with van der Waals surface area (Å²) in [6.07, 6.45) is 0. The molecular weight excluding hydrogens is 358 g/mol. The molecule has 0 atom stereocenters. The predicted octanol–water partition coefficient (Wildman–Crippen LogP) is 1.01. The minimum Gasteiger partial charge on any atom is -0.298 e. The topological polar surface area (TPSA) is 74.7 Å². The fourth-order valence-electron chi connectivity index (χ4n) is 2.25. The molecule has 0 aliphatic rings. The molecule has 0 N–H and O–H groups in total. The number of fused-ring (bicyclic) bond motifs is 1. The van der Waals surface area contributed by atoms with Crippen molar-refractivity contribution in [2.75, 3.05) is 0 Å². The van der Waals surface area contributed by atoms with Gasteiger partial charge in [-0.25, -0.2) is 14.8 Å². The fraction of sp³-hybridized carbons (Fsp3) is 0.333. The monoisotopic (exact) mass is 369 g/mol. The van der Waals surface area contributed by atoms with Crippen LogP contribution in [0.4, 0.5) is 0 Å². The molecular formula is C12H12BrN5O2S. The Bertz CT molecular complexity index is 965. The van der Waals surface area contributed by atoms with E-state index in [-0.39, 0.29) is 11.2 Å². The van der Waals surface area contributed by atoms with E-state index in [2.05, 4.69) is 25.9 Å². The molecule has 9 heteroatoms. The van der Waals surface area contributed by atoms with Gasteiger partial charge in [0.1, 0.15) is 0 Å². The van der Waals surface area contributed by atoms with E-state index in [1.807, 2.05) is 12.3 Å². The summed E-state index contributed by atoms with van der Waals surface area (Å²) < 4.78 is 4.75. The Balaban J connectivity index is 2.31. The molecule has 3 heterocycles. The second-order valence-corrected chi connectivity index (χ2v) is 6.47. The average molecular weight is 370 g/mol. The molecule has 0 amide bonds. The van der Waals surface area contributed by atoms with Crippen molar-refractivity contribution >= 4 is 38.4 Å². The molecule has 21 heavy (non-hydrogen) atoms. The normalized spacial score (nSPS) is 11.4. The highest BCUT2D eigenvalue weighted by Gasteiger charge is 2.18. The Morgan fingerprint density at radius 3 is 2.57 bits per heavy atom. The first-order valence-corrected chi connectivity index (χ1v) is 7.80. The van der Waals surface area contributed by atoms with Crippen molar-refractivity contribution in [3.63, 3.8) is 0 Å². The SMILES string of the molecule is Cc1nc(Cn2c(Br)nc3c(=O)n(C)c(=O)n(C)c32)cs1. The zero-order valence-electron chi connectivity index (χ0n) is 11.6.